The summed E-state index contributed by atoms with van der Waals surface area (Å²) in [4.78, 5) is 32.0. The normalized spacial score (nSPS) is 14.4. The van der Waals surface area contributed by atoms with Gasteiger partial charge in [-0.1, -0.05) is 6.07 Å². The van der Waals surface area contributed by atoms with E-state index in [1.54, 1.807) is 22.1 Å². The maximum Gasteiger partial charge on any atom is 0.273 e. The summed E-state index contributed by atoms with van der Waals surface area (Å²) in [7, 11) is 0. The van der Waals surface area contributed by atoms with E-state index in [0.29, 0.717) is 38.5 Å². The Morgan fingerprint density at radius 1 is 1.11 bits per heavy atom. The lowest BCUT2D eigenvalue weighted by Gasteiger charge is -2.33. The van der Waals surface area contributed by atoms with E-state index in [0.717, 1.165) is 21.9 Å². The minimum Gasteiger partial charge on any atom is -0.486 e. The van der Waals surface area contributed by atoms with Gasteiger partial charge in [-0.15, -0.1) is 11.3 Å². The van der Waals surface area contributed by atoms with Gasteiger partial charge in [-0.2, -0.15) is 0 Å². The summed E-state index contributed by atoms with van der Waals surface area (Å²) in [6, 6.07) is 4.16. The fourth-order valence-corrected chi connectivity index (χ4v) is 3.83. The Kier molecular flexibility index (Phi) is 5.79. The van der Waals surface area contributed by atoms with Crippen molar-refractivity contribution in [2.24, 2.45) is 0 Å². The molecule has 6 nitrogen and oxygen atoms in total. The van der Waals surface area contributed by atoms with Gasteiger partial charge in [0.05, 0.1) is 0 Å². The second-order valence-corrected chi connectivity index (χ2v) is 7.86. The smallest absolute Gasteiger partial charge is 0.273 e. The van der Waals surface area contributed by atoms with E-state index < -0.39 is 0 Å². The minimum absolute atomic E-state index is 0.0527. The third-order valence-electron chi connectivity index (χ3n) is 4.90. The molecule has 0 radical (unpaired) electrons. The van der Waals surface area contributed by atoms with Crippen LogP contribution in [0.15, 0.2) is 17.5 Å². The molecule has 0 spiro atoms. The molecule has 144 valence electrons. The second kappa shape index (κ2) is 8.08. The monoisotopic (exact) mass is 387 g/mol. The van der Waals surface area contributed by atoms with Crippen molar-refractivity contribution in [3.8, 4) is 5.75 Å². The molecule has 1 aromatic carbocycles. The van der Waals surface area contributed by atoms with Gasteiger partial charge in [0, 0.05) is 38.5 Å². The predicted octanol–water partition coefficient (Wildman–Crippen LogP) is 2.95. The lowest BCUT2D eigenvalue weighted by Crippen LogP contribution is -2.50. The highest BCUT2D eigenvalue weighted by Crippen LogP contribution is 2.25. The Balaban J connectivity index is 1.60. The SMILES string of the molecule is CC(=O)N1CCN(C(=O)c2csc(COc3cc(C)cc(C)c3C)n2)CC1. The summed E-state index contributed by atoms with van der Waals surface area (Å²) < 4.78 is 5.94. The summed E-state index contributed by atoms with van der Waals surface area (Å²) in [5, 5.41) is 2.56. The molecule has 7 heteroatoms. The van der Waals surface area contributed by atoms with E-state index in [1.165, 1.54) is 16.9 Å². The number of aromatic nitrogens is 1. The number of nitrogens with zero attached hydrogens (tertiary/aromatic N) is 3. The van der Waals surface area contributed by atoms with Crippen molar-refractivity contribution in [3.05, 3.63) is 44.9 Å². The van der Waals surface area contributed by atoms with Crippen LogP contribution in [0, 0.1) is 20.8 Å². The standard InChI is InChI=1S/C20H25N3O3S/c1-13-9-14(2)15(3)18(10-13)26-11-19-21-17(12-27-19)20(25)23-7-5-22(6-8-23)16(4)24/h9-10,12H,5-8,11H2,1-4H3. The van der Waals surface area contributed by atoms with E-state index in [2.05, 4.69) is 18.0 Å². The first kappa shape index (κ1) is 19.4. The van der Waals surface area contributed by atoms with Crippen LogP contribution in [0.25, 0.3) is 0 Å². The van der Waals surface area contributed by atoms with Crippen molar-refractivity contribution in [3.63, 3.8) is 0 Å². The molecule has 0 bridgehead atoms. The maximum absolute atomic E-state index is 12.6. The fourth-order valence-electron chi connectivity index (χ4n) is 3.15. The molecule has 2 heterocycles. The predicted molar refractivity (Wildman–Crippen MR) is 105 cm³/mol. The molecule has 2 aromatic rings. The number of aryl methyl sites for hydroxylation is 2. The number of hydrogen-bond acceptors (Lipinski definition) is 5. The molecular formula is C20H25N3O3S. The van der Waals surface area contributed by atoms with Crippen LogP contribution in [0.3, 0.4) is 0 Å². The van der Waals surface area contributed by atoms with Crippen molar-refractivity contribution >= 4 is 23.2 Å². The van der Waals surface area contributed by atoms with Crippen LogP contribution in [0.1, 0.15) is 39.1 Å². The lowest BCUT2D eigenvalue weighted by molar-refractivity contribution is -0.130. The number of carbonyl (C=O) groups excluding carboxylic acids is 2. The van der Waals surface area contributed by atoms with Crippen LogP contribution in [-0.4, -0.2) is 52.8 Å². The van der Waals surface area contributed by atoms with Gasteiger partial charge >= 0.3 is 0 Å². The Hall–Kier alpha value is -2.41. The summed E-state index contributed by atoms with van der Waals surface area (Å²) in [6.45, 7) is 10.3. The van der Waals surface area contributed by atoms with Gasteiger partial charge < -0.3 is 14.5 Å². The highest BCUT2D eigenvalue weighted by molar-refractivity contribution is 7.09. The van der Waals surface area contributed by atoms with Crippen LogP contribution < -0.4 is 4.74 Å². The average Bonchev–Trinajstić information content (AvgIpc) is 3.12. The fraction of sp³-hybridized carbons (Fsp3) is 0.450. The molecule has 0 N–H and O–H groups in total. The van der Waals surface area contributed by atoms with E-state index in [9.17, 15) is 9.59 Å². The van der Waals surface area contributed by atoms with E-state index in [4.69, 9.17) is 4.74 Å². The van der Waals surface area contributed by atoms with Gasteiger partial charge in [-0.05, 0) is 43.5 Å². The quantitative estimate of drug-likeness (QED) is 0.809. The summed E-state index contributed by atoms with van der Waals surface area (Å²) >= 11 is 1.43. The minimum atomic E-state index is -0.0803. The van der Waals surface area contributed by atoms with Crippen LogP contribution in [0.4, 0.5) is 0 Å². The van der Waals surface area contributed by atoms with E-state index in [1.807, 2.05) is 19.9 Å². The topological polar surface area (TPSA) is 62.7 Å². The molecule has 1 aliphatic rings. The highest BCUT2D eigenvalue weighted by Gasteiger charge is 2.24. The summed E-state index contributed by atoms with van der Waals surface area (Å²) in [5.74, 6) is 0.830. The number of ether oxygens (including phenoxy) is 1. The van der Waals surface area contributed by atoms with Crippen molar-refractivity contribution in [1.82, 2.24) is 14.8 Å². The van der Waals surface area contributed by atoms with E-state index in [-0.39, 0.29) is 11.8 Å². The van der Waals surface area contributed by atoms with Gasteiger partial charge in [0.15, 0.2) is 0 Å². The summed E-state index contributed by atoms with van der Waals surface area (Å²) in [6.07, 6.45) is 0. The van der Waals surface area contributed by atoms with Crippen molar-refractivity contribution in [1.29, 1.82) is 0 Å². The Bertz CT molecular complexity index is 854. The second-order valence-electron chi connectivity index (χ2n) is 6.92. The molecule has 0 unspecified atom stereocenters. The Labute approximate surface area is 163 Å². The Morgan fingerprint density at radius 2 is 1.78 bits per heavy atom. The zero-order valence-corrected chi connectivity index (χ0v) is 17.1. The van der Waals surface area contributed by atoms with Crippen molar-refractivity contribution in [2.45, 2.75) is 34.3 Å². The third kappa shape index (κ3) is 4.47. The third-order valence-corrected chi connectivity index (χ3v) is 5.72. The van der Waals surface area contributed by atoms with Gasteiger partial charge in [0.2, 0.25) is 5.91 Å². The number of benzene rings is 1. The molecule has 0 saturated carbocycles. The first-order valence-electron chi connectivity index (χ1n) is 9.05. The van der Waals surface area contributed by atoms with Gasteiger partial charge in [0.1, 0.15) is 23.1 Å². The number of piperazine rings is 1. The highest BCUT2D eigenvalue weighted by atomic mass is 32.1. The maximum atomic E-state index is 12.6. The molecule has 3 rings (SSSR count). The first-order valence-corrected chi connectivity index (χ1v) is 9.93. The number of amides is 2. The number of rotatable bonds is 4. The molecule has 2 amide bonds. The number of carbonyl (C=O) groups is 2. The lowest BCUT2D eigenvalue weighted by atomic mass is 10.1. The summed E-state index contributed by atoms with van der Waals surface area (Å²) in [5.41, 5.74) is 3.93. The molecule has 1 fully saturated rings. The van der Waals surface area contributed by atoms with Crippen LogP contribution in [0.2, 0.25) is 0 Å². The molecule has 1 aromatic heterocycles. The van der Waals surface area contributed by atoms with Crippen molar-refractivity contribution in [2.75, 3.05) is 26.2 Å². The van der Waals surface area contributed by atoms with Gasteiger partial charge in [-0.25, -0.2) is 4.98 Å². The van der Waals surface area contributed by atoms with Crippen LogP contribution in [0.5, 0.6) is 5.75 Å². The average molecular weight is 388 g/mol. The van der Waals surface area contributed by atoms with Crippen LogP contribution in [-0.2, 0) is 11.4 Å². The molecule has 1 aliphatic heterocycles. The Morgan fingerprint density at radius 3 is 2.44 bits per heavy atom. The largest absolute Gasteiger partial charge is 0.486 e. The molecular weight excluding hydrogens is 362 g/mol. The first-order chi connectivity index (χ1) is 12.8. The zero-order chi connectivity index (χ0) is 19.6. The van der Waals surface area contributed by atoms with Gasteiger partial charge in [-0.3, -0.25) is 9.59 Å². The zero-order valence-electron chi connectivity index (χ0n) is 16.2. The van der Waals surface area contributed by atoms with E-state index >= 15 is 0 Å². The molecule has 0 atom stereocenters. The molecule has 0 aliphatic carbocycles. The number of thiazole rings is 1. The number of hydrogen-bond donors (Lipinski definition) is 0. The van der Waals surface area contributed by atoms with Crippen molar-refractivity contribution < 1.29 is 14.3 Å². The van der Waals surface area contributed by atoms with Gasteiger partial charge in [0.25, 0.3) is 5.91 Å². The molecule has 27 heavy (non-hydrogen) atoms. The van der Waals surface area contributed by atoms with Crippen LogP contribution >= 0.6 is 11.3 Å². The molecule has 1 saturated heterocycles.